The average molecular weight is 398 g/mol. The van der Waals surface area contributed by atoms with Crippen LogP contribution in [0.5, 0.6) is 0 Å². The number of hydrogen-bond donors (Lipinski definition) is 2. The first-order valence-electron chi connectivity index (χ1n) is 9.62. The zero-order valence-corrected chi connectivity index (χ0v) is 16.5. The van der Waals surface area contributed by atoms with Crippen LogP contribution >= 0.6 is 11.6 Å². The van der Waals surface area contributed by atoms with E-state index in [0.717, 1.165) is 66.3 Å². The van der Waals surface area contributed by atoms with Crippen LogP contribution in [0.2, 0.25) is 5.02 Å². The summed E-state index contributed by atoms with van der Waals surface area (Å²) in [6.45, 7) is 4.85. The summed E-state index contributed by atoms with van der Waals surface area (Å²) in [5.41, 5.74) is 4.06. The van der Waals surface area contributed by atoms with Gasteiger partial charge in [-0.25, -0.2) is 0 Å². The fourth-order valence-electron chi connectivity index (χ4n) is 3.60. The summed E-state index contributed by atoms with van der Waals surface area (Å²) in [5.74, 6) is -0.0401. The molecule has 146 valence electrons. The molecule has 0 atom stereocenters. The summed E-state index contributed by atoms with van der Waals surface area (Å²) in [5, 5.41) is 4.85. The largest absolute Gasteiger partial charge is 0.379 e. The van der Waals surface area contributed by atoms with Gasteiger partial charge in [-0.3, -0.25) is 9.69 Å². The van der Waals surface area contributed by atoms with E-state index in [1.807, 2.05) is 42.6 Å². The van der Waals surface area contributed by atoms with E-state index in [9.17, 15) is 4.79 Å². The molecular weight excluding hydrogens is 374 g/mol. The second-order valence-electron chi connectivity index (χ2n) is 7.10. The Morgan fingerprint density at radius 2 is 2.04 bits per heavy atom. The second-order valence-corrected chi connectivity index (χ2v) is 7.54. The smallest absolute Gasteiger partial charge is 0.251 e. The van der Waals surface area contributed by atoms with Gasteiger partial charge in [-0.1, -0.05) is 23.7 Å². The fraction of sp³-hybridized carbons (Fsp3) is 0.318. The predicted octanol–water partition coefficient (Wildman–Crippen LogP) is 3.63. The molecule has 1 aliphatic heterocycles. The number of H-pyrrole nitrogens is 1. The SMILES string of the molecule is O=C(NCCc1c[nH]c2ccc(Cl)cc12)c1cccc(CN2CCOCC2)c1. The number of ether oxygens (including phenoxy) is 1. The third kappa shape index (κ3) is 4.55. The molecule has 0 aliphatic carbocycles. The van der Waals surface area contributed by atoms with Gasteiger partial charge in [-0.05, 0) is 47.9 Å². The van der Waals surface area contributed by atoms with E-state index in [0.29, 0.717) is 12.1 Å². The quantitative estimate of drug-likeness (QED) is 0.667. The Hall–Kier alpha value is -2.34. The van der Waals surface area contributed by atoms with Crippen molar-refractivity contribution in [2.45, 2.75) is 13.0 Å². The van der Waals surface area contributed by atoms with Crippen molar-refractivity contribution in [1.82, 2.24) is 15.2 Å². The molecule has 5 nitrogen and oxygen atoms in total. The Balaban J connectivity index is 1.34. The van der Waals surface area contributed by atoms with Gasteiger partial charge in [0.2, 0.25) is 0 Å². The van der Waals surface area contributed by atoms with Crippen LogP contribution in [-0.2, 0) is 17.7 Å². The normalized spacial score (nSPS) is 15.0. The van der Waals surface area contributed by atoms with Crippen LogP contribution in [-0.4, -0.2) is 48.6 Å². The first-order valence-corrected chi connectivity index (χ1v) is 9.99. The molecule has 0 spiro atoms. The van der Waals surface area contributed by atoms with E-state index in [2.05, 4.69) is 21.3 Å². The van der Waals surface area contributed by atoms with Crippen molar-refractivity contribution in [2.24, 2.45) is 0 Å². The number of carbonyl (C=O) groups excluding carboxylic acids is 1. The lowest BCUT2D eigenvalue weighted by atomic mass is 10.1. The highest BCUT2D eigenvalue weighted by Gasteiger charge is 2.12. The molecule has 0 saturated carbocycles. The zero-order chi connectivity index (χ0) is 19.3. The number of rotatable bonds is 6. The number of nitrogens with one attached hydrogen (secondary N) is 2. The minimum Gasteiger partial charge on any atom is -0.379 e. The van der Waals surface area contributed by atoms with E-state index in [-0.39, 0.29) is 5.91 Å². The minimum atomic E-state index is -0.0401. The summed E-state index contributed by atoms with van der Waals surface area (Å²) in [6.07, 6.45) is 2.73. The fourth-order valence-corrected chi connectivity index (χ4v) is 3.77. The number of fused-ring (bicyclic) bond motifs is 1. The van der Waals surface area contributed by atoms with E-state index < -0.39 is 0 Å². The summed E-state index contributed by atoms with van der Waals surface area (Å²) < 4.78 is 5.39. The molecule has 0 radical (unpaired) electrons. The molecule has 1 amide bonds. The van der Waals surface area contributed by atoms with Gasteiger partial charge in [0.1, 0.15) is 0 Å². The van der Waals surface area contributed by atoms with Crippen molar-refractivity contribution < 1.29 is 9.53 Å². The van der Waals surface area contributed by atoms with Crippen LogP contribution in [0.1, 0.15) is 21.5 Å². The molecular formula is C22H24ClN3O2. The number of amides is 1. The van der Waals surface area contributed by atoms with Crippen molar-refractivity contribution in [3.8, 4) is 0 Å². The molecule has 2 heterocycles. The minimum absolute atomic E-state index is 0.0401. The van der Waals surface area contributed by atoms with Crippen LogP contribution in [0, 0.1) is 0 Å². The van der Waals surface area contributed by atoms with Crippen LogP contribution in [0.3, 0.4) is 0 Å². The van der Waals surface area contributed by atoms with Crippen molar-refractivity contribution in [2.75, 3.05) is 32.8 Å². The van der Waals surface area contributed by atoms with E-state index in [4.69, 9.17) is 16.3 Å². The monoisotopic (exact) mass is 397 g/mol. The highest BCUT2D eigenvalue weighted by atomic mass is 35.5. The van der Waals surface area contributed by atoms with Gasteiger partial charge < -0.3 is 15.0 Å². The predicted molar refractivity (Wildman–Crippen MR) is 112 cm³/mol. The lowest BCUT2D eigenvalue weighted by Gasteiger charge is -2.26. The maximum atomic E-state index is 12.6. The van der Waals surface area contributed by atoms with Gasteiger partial charge in [-0.2, -0.15) is 0 Å². The number of hydrogen-bond acceptors (Lipinski definition) is 3. The Morgan fingerprint density at radius 1 is 1.18 bits per heavy atom. The number of morpholine rings is 1. The van der Waals surface area contributed by atoms with E-state index in [1.54, 1.807) is 0 Å². The maximum absolute atomic E-state index is 12.6. The molecule has 6 heteroatoms. The van der Waals surface area contributed by atoms with E-state index in [1.165, 1.54) is 0 Å². The second kappa shape index (κ2) is 8.78. The molecule has 2 N–H and O–H groups in total. The van der Waals surface area contributed by atoms with Gasteiger partial charge in [0.15, 0.2) is 0 Å². The van der Waals surface area contributed by atoms with Crippen LogP contribution < -0.4 is 5.32 Å². The summed E-state index contributed by atoms with van der Waals surface area (Å²) >= 11 is 6.10. The molecule has 2 aromatic carbocycles. The van der Waals surface area contributed by atoms with Crippen LogP contribution in [0.15, 0.2) is 48.7 Å². The number of halogens is 1. The van der Waals surface area contributed by atoms with Crippen molar-refractivity contribution in [3.63, 3.8) is 0 Å². The molecule has 0 bridgehead atoms. The highest BCUT2D eigenvalue weighted by Crippen LogP contribution is 2.22. The number of carbonyl (C=O) groups is 1. The maximum Gasteiger partial charge on any atom is 0.251 e. The van der Waals surface area contributed by atoms with Crippen LogP contribution in [0.25, 0.3) is 10.9 Å². The Morgan fingerprint density at radius 3 is 2.89 bits per heavy atom. The number of aromatic amines is 1. The third-order valence-corrected chi connectivity index (χ3v) is 5.34. The Bertz CT molecular complexity index is 963. The van der Waals surface area contributed by atoms with Crippen LogP contribution in [0.4, 0.5) is 0 Å². The summed E-state index contributed by atoms with van der Waals surface area (Å²) in [4.78, 5) is 18.2. The molecule has 4 rings (SSSR count). The standard InChI is InChI=1S/C22H24ClN3O2/c23-19-4-5-21-20(13-19)18(14-25-21)6-7-24-22(27)17-3-1-2-16(12-17)15-26-8-10-28-11-9-26/h1-5,12-14,25H,6-11,15H2,(H,24,27). The van der Waals surface area contributed by atoms with Crippen molar-refractivity contribution in [1.29, 1.82) is 0 Å². The lowest BCUT2D eigenvalue weighted by Crippen LogP contribution is -2.35. The average Bonchev–Trinajstić information content (AvgIpc) is 3.11. The molecule has 1 saturated heterocycles. The number of benzene rings is 2. The van der Waals surface area contributed by atoms with Gasteiger partial charge >= 0.3 is 0 Å². The lowest BCUT2D eigenvalue weighted by molar-refractivity contribution is 0.0342. The van der Waals surface area contributed by atoms with Gasteiger partial charge in [-0.15, -0.1) is 0 Å². The first kappa shape index (κ1) is 19.0. The number of nitrogens with zero attached hydrogens (tertiary/aromatic N) is 1. The first-order chi connectivity index (χ1) is 13.7. The molecule has 1 aromatic heterocycles. The molecule has 28 heavy (non-hydrogen) atoms. The summed E-state index contributed by atoms with van der Waals surface area (Å²) in [7, 11) is 0. The van der Waals surface area contributed by atoms with Gasteiger partial charge in [0.25, 0.3) is 5.91 Å². The summed E-state index contributed by atoms with van der Waals surface area (Å²) in [6, 6.07) is 13.7. The molecule has 1 aliphatic rings. The third-order valence-electron chi connectivity index (χ3n) is 5.11. The molecule has 0 unspecified atom stereocenters. The Labute approximate surface area is 169 Å². The van der Waals surface area contributed by atoms with E-state index >= 15 is 0 Å². The topological polar surface area (TPSA) is 57.4 Å². The molecule has 3 aromatic rings. The van der Waals surface area contributed by atoms with Gasteiger partial charge in [0, 0.05) is 53.9 Å². The van der Waals surface area contributed by atoms with Crippen molar-refractivity contribution >= 4 is 28.4 Å². The van der Waals surface area contributed by atoms with Crippen molar-refractivity contribution in [3.05, 3.63) is 70.4 Å². The molecule has 1 fully saturated rings. The Kier molecular flexibility index (Phi) is 5.95. The van der Waals surface area contributed by atoms with Gasteiger partial charge in [0.05, 0.1) is 13.2 Å². The highest BCUT2D eigenvalue weighted by molar-refractivity contribution is 6.31. The zero-order valence-electron chi connectivity index (χ0n) is 15.7. The number of aromatic nitrogens is 1.